The van der Waals surface area contributed by atoms with Crippen LogP contribution in [0.4, 0.5) is 13.2 Å². The number of nitrogens with zero attached hydrogens (tertiary/aromatic N) is 5. The van der Waals surface area contributed by atoms with Crippen molar-refractivity contribution >= 4 is 34.8 Å². The summed E-state index contributed by atoms with van der Waals surface area (Å²) in [5, 5.41) is 5.13. The lowest BCUT2D eigenvalue weighted by Crippen LogP contribution is -2.48. The Morgan fingerprint density at radius 3 is 2.34 bits per heavy atom. The molecule has 0 atom stereocenters. The molecule has 0 unspecified atom stereocenters. The van der Waals surface area contributed by atoms with E-state index in [1.54, 1.807) is 41.3 Å². The Morgan fingerprint density at radius 2 is 1.71 bits per heavy atom. The fourth-order valence-corrected chi connectivity index (χ4v) is 4.82. The van der Waals surface area contributed by atoms with Gasteiger partial charge in [-0.25, -0.2) is 9.50 Å². The molecule has 3 heterocycles. The summed E-state index contributed by atoms with van der Waals surface area (Å²) in [5.41, 5.74) is 0.339. The molecule has 198 valence electrons. The number of aromatic nitrogens is 3. The normalized spacial score (nSPS) is 14.7. The highest BCUT2D eigenvalue weighted by Gasteiger charge is 2.36. The van der Waals surface area contributed by atoms with Gasteiger partial charge in [0.1, 0.15) is 5.75 Å². The quantitative estimate of drug-likeness (QED) is 0.312. The van der Waals surface area contributed by atoms with E-state index >= 15 is 0 Å². The van der Waals surface area contributed by atoms with Crippen molar-refractivity contribution in [2.75, 3.05) is 33.3 Å². The number of carbonyl (C=O) groups excluding carboxylic acids is 1. The molecule has 2 aromatic carbocycles. The summed E-state index contributed by atoms with van der Waals surface area (Å²) < 4.78 is 47.6. The summed E-state index contributed by atoms with van der Waals surface area (Å²) in [5.74, 6) is 0.123. The van der Waals surface area contributed by atoms with Crippen LogP contribution in [0.5, 0.6) is 5.75 Å². The van der Waals surface area contributed by atoms with Crippen molar-refractivity contribution < 1.29 is 22.7 Å². The minimum atomic E-state index is -4.71. The summed E-state index contributed by atoms with van der Waals surface area (Å²) in [6, 6.07) is 14.1. The third-order valence-electron chi connectivity index (χ3n) is 6.39. The molecule has 5 rings (SSSR count). The molecule has 4 aromatic rings. The molecule has 1 fully saturated rings. The Bertz CT molecular complexity index is 1480. The zero-order valence-corrected chi connectivity index (χ0v) is 21.7. The number of hydrogen-bond acceptors (Lipinski definition) is 5. The number of amides is 1. The third kappa shape index (κ3) is 5.43. The van der Waals surface area contributed by atoms with E-state index < -0.39 is 17.8 Å². The van der Waals surface area contributed by atoms with Crippen LogP contribution in [0.1, 0.15) is 21.7 Å². The third-order valence-corrected chi connectivity index (χ3v) is 6.98. The minimum Gasteiger partial charge on any atom is -0.497 e. The van der Waals surface area contributed by atoms with Crippen molar-refractivity contribution in [1.82, 2.24) is 24.4 Å². The second kappa shape index (κ2) is 10.4. The van der Waals surface area contributed by atoms with Crippen molar-refractivity contribution in [3.63, 3.8) is 0 Å². The smallest absolute Gasteiger partial charge is 0.433 e. The van der Waals surface area contributed by atoms with Crippen LogP contribution in [0.2, 0.25) is 10.0 Å². The number of halogens is 5. The van der Waals surface area contributed by atoms with Crippen molar-refractivity contribution in [3.8, 4) is 17.0 Å². The Hall–Kier alpha value is -3.34. The predicted molar refractivity (Wildman–Crippen MR) is 138 cm³/mol. The maximum atomic E-state index is 13.9. The lowest BCUT2D eigenvalue weighted by atomic mass is 10.1. The minimum absolute atomic E-state index is 0.0648. The molecule has 38 heavy (non-hydrogen) atoms. The van der Waals surface area contributed by atoms with Crippen LogP contribution in [0.25, 0.3) is 16.9 Å². The van der Waals surface area contributed by atoms with Crippen LogP contribution in [-0.4, -0.2) is 63.6 Å². The van der Waals surface area contributed by atoms with E-state index in [1.807, 2.05) is 6.07 Å². The molecule has 12 heteroatoms. The zero-order chi connectivity index (χ0) is 27.0. The van der Waals surface area contributed by atoms with Crippen molar-refractivity contribution in [2.45, 2.75) is 12.7 Å². The Labute approximate surface area is 226 Å². The molecule has 0 saturated carbocycles. The summed E-state index contributed by atoms with van der Waals surface area (Å²) in [4.78, 5) is 21.3. The number of hydrogen-bond donors (Lipinski definition) is 0. The van der Waals surface area contributed by atoms with Crippen LogP contribution in [0, 0.1) is 0 Å². The van der Waals surface area contributed by atoms with Crippen molar-refractivity contribution in [2.24, 2.45) is 0 Å². The molecule has 7 nitrogen and oxygen atoms in total. The van der Waals surface area contributed by atoms with E-state index in [9.17, 15) is 18.0 Å². The highest BCUT2D eigenvalue weighted by molar-refractivity contribution is 6.35. The standard InChI is InChI=1S/C26H22Cl2F3N5O2/c1-38-19-6-3-16(4-7-19)21-13-23(26(29,30)31)36-24(32-21)14-22(33-36)25(37)35-10-8-34(9-11-35)15-17-2-5-18(27)12-20(17)28/h2-7,12-14H,8-11,15H2,1H3. The second-order valence-electron chi connectivity index (χ2n) is 8.86. The number of methoxy groups -OCH3 is 1. The van der Waals surface area contributed by atoms with Crippen LogP contribution < -0.4 is 4.74 Å². The lowest BCUT2D eigenvalue weighted by Gasteiger charge is -2.34. The first-order valence-electron chi connectivity index (χ1n) is 11.7. The molecular weight excluding hydrogens is 542 g/mol. The highest BCUT2D eigenvalue weighted by atomic mass is 35.5. The largest absolute Gasteiger partial charge is 0.497 e. The number of ether oxygens (including phenoxy) is 1. The van der Waals surface area contributed by atoms with E-state index in [0.717, 1.165) is 11.6 Å². The number of benzene rings is 2. The van der Waals surface area contributed by atoms with Gasteiger partial charge >= 0.3 is 6.18 Å². The van der Waals surface area contributed by atoms with Crippen molar-refractivity contribution in [1.29, 1.82) is 0 Å². The van der Waals surface area contributed by atoms with Gasteiger partial charge in [0, 0.05) is 54.4 Å². The summed E-state index contributed by atoms with van der Waals surface area (Å²) in [6.07, 6.45) is -4.71. The van der Waals surface area contributed by atoms with Gasteiger partial charge in [0.05, 0.1) is 12.8 Å². The van der Waals surface area contributed by atoms with Gasteiger partial charge in [-0.15, -0.1) is 0 Å². The fraction of sp³-hybridized carbons (Fsp3) is 0.269. The van der Waals surface area contributed by atoms with Crippen LogP contribution >= 0.6 is 23.2 Å². The van der Waals surface area contributed by atoms with Gasteiger partial charge in [0.15, 0.2) is 17.0 Å². The molecule has 1 aliphatic heterocycles. The molecule has 2 aromatic heterocycles. The predicted octanol–water partition coefficient (Wildman–Crippen LogP) is 5.69. The average Bonchev–Trinajstić information content (AvgIpc) is 3.33. The number of rotatable bonds is 5. The molecule has 1 saturated heterocycles. The van der Waals surface area contributed by atoms with Gasteiger partial charge in [0.2, 0.25) is 0 Å². The molecule has 0 N–H and O–H groups in total. The first kappa shape index (κ1) is 26.3. The maximum absolute atomic E-state index is 13.9. The molecule has 1 amide bonds. The van der Waals surface area contributed by atoms with Gasteiger partial charge < -0.3 is 9.64 Å². The lowest BCUT2D eigenvalue weighted by molar-refractivity contribution is -0.142. The topological polar surface area (TPSA) is 63.0 Å². The molecule has 0 bridgehead atoms. The molecular formula is C26H22Cl2F3N5O2. The summed E-state index contributed by atoms with van der Waals surface area (Å²) >= 11 is 12.2. The molecule has 0 aliphatic carbocycles. The maximum Gasteiger partial charge on any atom is 0.433 e. The Kier molecular flexibility index (Phi) is 7.21. The number of piperazine rings is 1. The fourth-order valence-electron chi connectivity index (χ4n) is 4.35. The average molecular weight is 564 g/mol. The highest BCUT2D eigenvalue weighted by Crippen LogP contribution is 2.33. The number of fused-ring (bicyclic) bond motifs is 1. The van der Waals surface area contributed by atoms with Crippen LogP contribution in [0.15, 0.2) is 54.6 Å². The van der Waals surface area contributed by atoms with E-state index in [-0.39, 0.29) is 17.0 Å². The summed E-state index contributed by atoms with van der Waals surface area (Å²) in [7, 11) is 1.50. The van der Waals surface area contributed by atoms with E-state index in [2.05, 4.69) is 15.0 Å². The molecule has 1 aliphatic rings. The zero-order valence-electron chi connectivity index (χ0n) is 20.2. The first-order valence-corrected chi connectivity index (χ1v) is 12.5. The first-order chi connectivity index (χ1) is 18.1. The van der Waals surface area contributed by atoms with Gasteiger partial charge in [-0.3, -0.25) is 9.69 Å². The van der Waals surface area contributed by atoms with Crippen LogP contribution in [0.3, 0.4) is 0 Å². The van der Waals surface area contributed by atoms with Gasteiger partial charge in [-0.05, 0) is 48.0 Å². The van der Waals surface area contributed by atoms with E-state index in [1.165, 1.54) is 13.2 Å². The van der Waals surface area contributed by atoms with Crippen molar-refractivity contribution in [3.05, 3.63) is 81.6 Å². The molecule has 0 radical (unpaired) electrons. The number of alkyl halides is 3. The molecule has 0 spiro atoms. The number of carbonyl (C=O) groups is 1. The SMILES string of the molecule is COc1ccc(-c2cc(C(F)(F)F)n3nc(C(=O)N4CCN(Cc5ccc(Cl)cc5Cl)CC4)cc3n2)cc1. The monoisotopic (exact) mass is 563 g/mol. The van der Waals surface area contributed by atoms with Gasteiger partial charge in [-0.1, -0.05) is 29.3 Å². The van der Waals surface area contributed by atoms with E-state index in [0.29, 0.717) is 58.6 Å². The Morgan fingerprint density at radius 1 is 1.00 bits per heavy atom. The van der Waals surface area contributed by atoms with E-state index in [4.69, 9.17) is 27.9 Å². The Balaban J connectivity index is 1.36. The van der Waals surface area contributed by atoms with Crippen LogP contribution in [-0.2, 0) is 12.7 Å². The van der Waals surface area contributed by atoms with Gasteiger partial charge in [-0.2, -0.15) is 18.3 Å². The van der Waals surface area contributed by atoms with Gasteiger partial charge in [0.25, 0.3) is 5.91 Å². The second-order valence-corrected chi connectivity index (χ2v) is 9.70. The summed E-state index contributed by atoms with van der Waals surface area (Å²) in [6.45, 7) is 2.54.